The minimum Gasteiger partial charge on any atom is -0.462 e. The van der Waals surface area contributed by atoms with Crippen molar-refractivity contribution in [3.05, 3.63) is 40.4 Å². The smallest absolute Gasteiger partial charge is 0.344 e. The standard InChI is InChI=1S/C13H11ClFNO3/c1-3-18-13(17)11-7(2)19-16-12(11)8-4-5-10(15)9(14)6-8/h4-6H,3H2,1-2H3. The number of halogens is 2. The molecule has 2 rings (SSSR count). The molecule has 0 bridgehead atoms. The number of ether oxygens (including phenoxy) is 1. The Morgan fingerprint density at radius 1 is 1.53 bits per heavy atom. The minimum absolute atomic E-state index is 0.0482. The number of benzene rings is 1. The van der Waals surface area contributed by atoms with Gasteiger partial charge in [-0.15, -0.1) is 0 Å². The topological polar surface area (TPSA) is 52.3 Å². The monoisotopic (exact) mass is 283 g/mol. The van der Waals surface area contributed by atoms with Gasteiger partial charge in [0.1, 0.15) is 22.8 Å². The van der Waals surface area contributed by atoms with E-state index in [1.54, 1.807) is 13.8 Å². The first-order chi connectivity index (χ1) is 9.04. The minimum atomic E-state index is -0.539. The Bertz CT molecular complexity index is 624. The maximum absolute atomic E-state index is 13.1. The number of nitrogens with zero attached hydrogens (tertiary/aromatic N) is 1. The number of aromatic nitrogens is 1. The molecule has 6 heteroatoms. The van der Waals surface area contributed by atoms with E-state index in [9.17, 15) is 9.18 Å². The van der Waals surface area contributed by atoms with E-state index in [1.165, 1.54) is 18.2 Å². The Balaban J connectivity index is 2.50. The van der Waals surface area contributed by atoms with Crippen LogP contribution in [0.5, 0.6) is 0 Å². The molecule has 0 aliphatic rings. The van der Waals surface area contributed by atoms with E-state index in [-0.39, 0.29) is 22.9 Å². The van der Waals surface area contributed by atoms with Crippen molar-refractivity contribution >= 4 is 17.6 Å². The highest BCUT2D eigenvalue weighted by Gasteiger charge is 2.23. The summed E-state index contributed by atoms with van der Waals surface area (Å²) in [5, 5.41) is 3.75. The molecule has 19 heavy (non-hydrogen) atoms. The third-order valence-corrected chi connectivity index (χ3v) is 2.82. The van der Waals surface area contributed by atoms with Crippen molar-refractivity contribution in [3.8, 4) is 11.3 Å². The number of carbonyl (C=O) groups excluding carboxylic acids is 1. The van der Waals surface area contributed by atoms with E-state index < -0.39 is 11.8 Å². The van der Waals surface area contributed by atoms with Crippen molar-refractivity contribution < 1.29 is 18.4 Å². The predicted molar refractivity (Wildman–Crippen MR) is 67.6 cm³/mol. The van der Waals surface area contributed by atoms with Gasteiger partial charge >= 0.3 is 5.97 Å². The normalized spacial score (nSPS) is 10.5. The van der Waals surface area contributed by atoms with Crippen molar-refractivity contribution in [2.45, 2.75) is 13.8 Å². The highest BCUT2D eigenvalue weighted by Crippen LogP contribution is 2.29. The first-order valence-electron chi connectivity index (χ1n) is 5.63. The first kappa shape index (κ1) is 13.5. The molecule has 0 N–H and O–H groups in total. The fourth-order valence-electron chi connectivity index (χ4n) is 1.66. The molecule has 4 nitrogen and oxygen atoms in total. The molecular weight excluding hydrogens is 273 g/mol. The molecule has 100 valence electrons. The lowest BCUT2D eigenvalue weighted by Crippen LogP contribution is -2.06. The van der Waals surface area contributed by atoms with Gasteiger partial charge in [0.2, 0.25) is 0 Å². The van der Waals surface area contributed by atoms with Crippen LogP contribution in [0.25, 0.3) is 11.3 Å². The summed E-state index contributed by atoms with van der Waals surface area (Å²) in [6.45, 7) is 3.55. The summed E-state index contributed by atoms with van der Waals surface area (Å²) in [6.07, 6.45) is 0. The average Bonchev–Trinajstić information content (AvgIpc) is 2.75. The van der Waals surface area contributed by atoms with Crippen LogP contribution in [-0.2, 0) is 4.74 Å². The van der Waals surface area contributed by atoms with Gasteiger partial charge in [0.25, 0.3) is 0 Å². The molecule has 0 fully saturated rings. The van der Waals surface area contributed by atoms with Crippen molar-refractivity contribution in [1.29, 1.82) is 0 Å². The van der Waals surface area contributed by atoms with E-state index in [2.05, 4.69) is 5.16 Å². The Hall–Kier alpha value is -1.88. The molecule has 0 unspecified atom stereocenters. The second-order valence-corrected chi connectivity index (χ2v) is 4.22. The van der Waals surface area contributed by atoms with E-state index in [0.29, 0.717) is 11.3 Å². The van der Waals surface area contributed by atoms with E-state index >= 15 is 0 Å². The molecule has 0 atom stereocenters. The fraction of sp³-hybridized carbons (Fsp3) is 0.231. The van der Waals surface area contributed by atoms with Crippen molar-refractivity contribution in [1.82, 2.24) is 5.16 Å². The number of carbonyl (C=O) groups is 1. The summed E-state index contributed by atoms with van der Waals surface area (Å²) in [5.74, 6) is -0.728. The zero-order valence-corrected chi connectivity index (χ0v) is 11.1. The van der Waals surface area contributed by atoms with Crippen LogP contribution in [-0.4, -0.2) is 17.7 Å². The Kier molecular flexibility index (Phi) is 3.85. The van der Waals surface area contributed by atoms with Crippen molar-refractivity contribution in [2.75, 3.05) is 6.61 Å². The molecule has 0 spiro atoms. The van der Waals surface area contributed by atoms with Gasteiger partial charge in [-0.2, -0.15) is 0 Å². The van der Waals surface area contributed by atoms with Gasteiger partial charge in [-0.3, -0.25) is 0 Å². The van der Waals surface area contributed by atoms with E-state index in [1.807, 2.05) is 0 Å². The number of rotatable bonds is 3. The third kappa shape index (κ3) is 2.61. The quantitative estimate of drug-likeness (QED) is 0.807. The summed E-state index contributed by atoms with van der Waals surface area (Å²) in [6, 6.07) is 4.06. The lowest BCUT2D eigenvalue weighted by atomic mass is 10.1. The summed E-state index contributed by atoms with van der Waals surface area (Å²) in [5.41, 5.74) is 1.01. The summed E-state index contributed by atoms with van der Waals surface area (Å²) < 4.78 is 23.1. The number of hydrogen-bond acceptors (Lipinski definition) is 4. The van der Waals surface area contributed by atoms with Gasteiger partial charge < -0.3 is 9.26 Å². The van der Waals surface area contributed by atoms with Gasteiger partial charge in [-0.1, -0.05) is 16.8 Å². The predicted octanol–water partition coefficient (Wildman–Crippen LogP) is 3.62. The van der Waals surface area contributed by atoms with Crippen LogP contribution >= 0.6 is 11.6 Å². The van der Waals surface area contributed by atoms with Gasteiger partial charge in [-0.05, 0) is 32.0 Å². The molecule has 1 aromatic carbocycles. The average molecular weight is 284 g/mol. The third-order valence-electron chi connectivity index (χ3n) is 2.54. The van der Waals surface area contributed by atoms with Gasteiger partial charge in [-0.25, -0.2) is 9.18 Å². The van der Waals surface area contributed by atoms with Crippen LogP contribution in [0.1, 0.15) is 23.0 Å². The van der Waals surface area contributed by atoms with E-state index in [0.717, 1.165) is 0 Å². The SMILES string of the molecule is CCOC(=O)c1c(-c2ccc(F)c(Cl)c2)noc1C. The summed E-state index contributed by atoms with van der Waals surface area (Å²) in [7, 11) is 0. The second-order valence-electron chi connectivity index (χ2n) is 3.81. The zero-order valence-electron chi connectivity index (χ0n) is 10.4. The number of esters is 1. The Labute approximate surface area is 114 Å². The van der Waals surface area contributed by atoms with Crippen LogP contribution in [0.2, 0.25) is 5.02 Å². The molecule has 0 saturated carbocycles. The zero-order chi connectivity index (χ0) is 14.0. The van der Waals surface area contributed by atoms with Gasteiger partial charge in [0.05, 0.1) is 11.6 Å². The molecule has 0 saturated heterocycles. The first-order valence-corrected chi connectivity index (χ1v) is 6.01. The summed E-state index contributed by atoms with van der Waals surface area (Å²) in [4.78, 5) is 11.8. The maximum atomic E-state index is 13.1. The van der Waals surface area contributed by atoms with Crippen LogP contribution in [0.4, 0.5) is 4.39 Å². The Morgan fingerprint density at radius 2 is 2.26 bits per heavy atom. The van der Waals surface area contributed by atoms with Crippen LogP contribution in [0.3, 0.4) is 0 Å². The largest absolute Gasteiger partial charge is 0.462 e. The molecule has 0 amide bonds. The number of hydrogen-bond donors (Lipinski definition) is 0. The van der Waals surface area contributed by atoms with Crippen LogP contribution in [0.15, 0.2) is 22.7 Å². The number of aryl methyl sites for hydroxylation is 1. The highest BCUT2D eigenvalue weighted by molar-refractivity contribution is 6.31. The molecule has 0 aliphatic carbocycles. The van der Waals surface area contributed by atoms with Gasteiger partial charge in [0, 0.05) is 5.56 Å². The fourth-order valence-corrected chi connectivity index (χ4v) is 1.84. The highest BCUT2D eigenvalue weighted by atomic mass is 35.5. The molecular formula is C13H11ClFNO3. The molecule has 2 aromatic rings. The Morgan fingerprint density at radius 3 is 2.89 bits per heavy atom. The van der Waals surface area contributed by atoms with Gasteiger partial charge in [0.15, 0.2) is 0 Å². The molecule has 0 aliphatic heterocycles. The van der Waals surface area contributed by atoms with Crippen molar-refractivity contribution in [2.24, 2.45) is 0 Å². The van der Waals surface area contributed by atoms with Crippen LogP contribution < -0.4 is 0 Å². The summed E-state index contributed by atoms with van der Waals surface area (Å²) >= 11 is 5.71. The van der Waals surface area contributed by atoms with Crippen LogP contribution in [0, 0.1) is 12.7 Å². The molecule has 1 aromatic heterocycles. The lowest BCUT2D eigenvalue weighted by molar-refractivity contribution is 0.0525. The second kappa shape index (κ2) is 5.40. The maximum Gasteiger partial charge on any atom is 0.344 e. The molecule has 1 heterocycles. The lowest BCUT2D eigenvalue weighted by Gasteiger charge is -2.03. The van der Waals surface area contributed by atoms with Crippen molar-refractivity contribution in [3.63, 3.8) is 0 Å². The molecule has 0 radical (unpaired) electrons. The van der Waals surface area contributed by atoms with E-state index in [4.69, 9.17) is 20.9 Å².